The van der Waals surface area contributed by atoms with Gasteiger partial charge in [-0.15, -0.1) is 0 Å². The van der Waals surface area contributed by atoms with Gasteiger partial charge in [-0.2, -0.15) is 0 Å². The zero-order chi connectivity index (χ0) is 44.2. The molecule has 0 bridgehead atoms. The second-order valence-electron chi connectivity index (χ2n) is 18.1. The molecule has 0 fully saturated rings. The Morgan fingerprint density at radius 1 is 0.328 bits per heavy atom. The summed E-state index contributed by atoms with van der Waals surface area (Å²) in [6.07, 6.45) is 31.0. The van der Waals surface area contributed by atoms with Crippen LogP contribution in [0, 0.1) is 17.8 Å². The van der Waals surface area contributed by atoms with Crippen molar-refractivity contribution >= 4 is 22.1 Å². The molecule has 0 aromatic carbocycles. The van der Waals surface area contributed by atoms with Gasteiger partial charge in [-0.05, 0) is 72.5 Å². The predicted molar refractivity (Wildman–Crippen MR) is 252 cm³/mol. The third kappa shape index (κ3) is 36.6. The van der Waals surface area contributed by atoms with Crippen LogP contribution in [-0.4, -0.2) is 35.5 Å². The first kappa shape index (κ1) is 65.7. The van der Waals surface area contributed by atoms with Gasteiger partial charge in [-0.25, -0.2) is 0 Å². The van der Waals surface area contributed by atoms with Gasteiger partial charge in [0.2, 0.25) is 0 Å². The van der Waals surface area contributed by atoms with Gasteiger partial charge >= 0.3 is 17.4 Å². The fourth-order valence-corrected chi connectivity index (χ4v) is 13.9. The van der Waals surface area contributed by atoms with Crippen LogP contribution >= 0.6 is 22.1 Å². The fourth-order valence-electron chi connectivity index (χ4n) is 7.56. The Hall–Kier alpha value is 1.10. The maximum absolute atomic E-state index is 12.4. The maximum atomic E-state index is 12.4. The number of hydrogen-bond donors (Lipinski definition) is 0. The van der Waals surface area contributed by atoms with E-state index in [0.29, 0.717) is 36.2 Å². The van der Waals surface area contributed by atoms with E-state index < -0.39 is 22.1 Å². The molecular formula is C48H102CrO6P3. The number of hydrogen-bond acceptors (Lipinski definition) is 6. The Morgan fingerprint density at radius 3 is 0.707 bits per heavy atom. The van der Waals surface area contributed by atoms with Crippen LogP contribution in [0.5, 0.6) is 0 Å². The van der Waals surface area contributed by atoms with Crippen LogP contribution in [0.3, 0.4) is 0 Å². The molecule has 58 heavy (non-hydrogen) atoms. The molecule has 0 saturated carbocycles. The monoisotopic (exact) mass is 920 g/mol. The Kier molecular flexibility index (Phi) is 47.7. The van der Waals surface area contributed by atoms with Gasteiger partial charge in [0.1, 0.15) is 0 Å². The van der Waals surface area contributed by atoms with Crippen molar-refractivity contribution in [2.75, 3.05) is 18.5 Å². The van der Waals surface area contributed by atoms with Crippen LogP contribution in [0.15, 0.2) is 0 Å². The third-order valence-corrected chi connectivity index (χ3v) is 20.5. The topological polar surface area (TPSA) is 120 Å². The first-order valence-electron chi connectivity index (χ1n) is 24.8. The summed E-state index contributed by atoms with van der Waals surface area (Å²) in [6, 6.07) is 0. The van der Waals surface area contributed by atoms with Gasteiger partial charge in [0, 0.05) is 22.1 Å². The van der Waals surface area contributed by atoms with Crippen LogP contribution in [0.25, 0.3) is 0 Å². The van der Waals surface area contributed by atoms with Gasteiger partial charge in [0.05, 0.1) is 0 Å². The molecule has 0 aromatic heterocycles. The average Bonchev–Trinajstić information content (AvgIpc) is 3.18. The second kappa shape index (κ2) is 42.1. The molecule has 0 aromatic rings. The Labute approximate surface area is 375 Å². The summed E-state index contributed by atoms with van der Waals surface area (Å²) in [4.78, 5) is 37.1. The van der Waals surface area contributed by atoms with Crippen molar-refractivity contribution in [1.82, 2.24) is 0 Å². The molecule has 0 saturated heterocycles. The van der Waals surface area contributed by atoms with Gasteiger partial charge < -0.3 is 28.4 Å². The van der Waals surface area contributed by atoms with E-state index in [-0.39, 0.29) is 34.3 Å². The number of rotatable bonds is 36. The Bertz CT molecular complexity index is 890. The smallest absolute Gasteiger partial charge is 0.799 e. The molecule has 0 heterocycles. The molecule has 351 valence electrons. The summed E-state index contributed by atoms with van der Waals surface area (Å²) in [5.41, 5.74) is -0.375. The van der Waals surface area contributed by atoms with E-state index in [4.69, 9.17) is 0 Å². The molecule has 9 unspecified atom stereocenters. The van der Waals surface area contributed by atoms with Crippen LogP contribution < -0.4 is 14.7 Å². The van der Waals surface area contributed by atoms with E-state index >= 15 is 0 Å². The van der Waals surface area contributed by atoms with Crippen molar-refractivity contribution in [2.24, 2.45) is 17.8 Å². The zero-order valence-corrected chi connectivity index (χ0v) is 44.8. The maximum Gasteiger partial charge on any atom is 3.00 e. The summed E-state index contributed by atoms with van der Waals surface area (Å²) in [5.74, 6) is 1.13. The minimum atomic E-state index is -3.20. The van der Waals surface area contributed by atoms with E-state index in [1.54, 1.807) is 0 Å². The summed E-state index contributed by atoms with van der Waals surface area (Å²) in [6.45, 7) is 25.1. The SMILES string of the molecule is CCCCCCC(C)P(=O)([O-])CC(CC)CCCC.CCCCCCC(C)P(=O)([O-])CC(CC)CCCC.CCCCCCC(C)P(=O)([O-])CC(CC)CCCC.[Cr+3]. The molecule has 6 nitrogen and oxygen atoms in total. The van der Waals surface area contributed by atoms with E-state index in [1.165, 1.54) is 57.8 Å². The largest absolute Gasteiger partial charge is 3.00 e. The summed E-state index contributed by atoms with van der Waals surface area (Å²) in [7, 11) is -9.59. The minimum Gasteiger partial charge on any atom is -0.799 e. The average molecular weight is 920 g/mol. The minimum absolute atomic E-state index is 0. The molecule has 1 radical (unpaired) electrons. The van der Waals surface area contributed by atoms with Crippen molar-refractivity contribution < 1.29 is 45.7 Å². The normalized spacial score (nSPS) is 17.6. The Balaban J connectivity index is -0.000000374. The summed E-state index contributed by atoms with van der Waals surface area (Å²) >= 11 is 0. The van der Waals surface area contributed by atoms with Crippen LogP contribution in [0.1, 0.15) is 256 Å². The molecule has 0 aliphatic heterocycles. The van der Waals surface area contributed by atoms with Crippen molar-refractivity contribution in [3.63, 3.8) is 0 Å². The zero-order valence-electron chi connectivity index (χ0n) is 40.9. The van der Waals surface area contributed by atoms with Crippen molar-refractivity contribution in [2.45, 2.75) is 273 Å². The molecule has 10 heteroatoms. The predicted octanol–water partition coefficient (Wildman–Crippen LogP) is 15.6. The van der Waals surface area contributed by atoms with Gasteiger partial charge in [-0.3, -0.25) is 0 Å². The molecule has 0 aliphatic carbocycles. The number of unbranched alkanes of at least 4 members (excludes halogenated alkanes) is 12. The van der Waals surface area contributed by atoms with E-state index in [9.17, 15) is 28.4 Å². The molecular weight excluding hydrogens is 817 g/mol. The quantitative estimate of drug-likeness (QED) is 0.0456. The second-order valence-corrected chi connectivity index (χ2v) is 26.2. The third-order valence-electron chi connectivity index (χ3n) is 12.6. The van der Waals surface area contributed by atoms with E-state index in [0.717, 1.165) is 116 Å². The van der Waals surface area contributed by atoms with E-state index in [1.807, 2.05) is 20.8 Å². The summed E-state index contributed by atoms with van der Waals surface area (Å²) < 4.78 is 37.1. The first-order chi connectivity index (χ1) is 26.9. The summed E-state index contributed by atoms with van der Waals surface area (Å²) in [5, 5.41) is 0. The van der Waals surface area contributed by atoms with Crippen LogP contribution in [0.4, 0.5) is 0 Å². The molecule has 0 amide bonds. The fraction of sp³-hybridized carbons (Fsp3) is 1.00. The molecule has 9 atom stereocenters. The van der Waals surface area contributed by atoms with Crippen molar-refractivity contribution in [3.05, 3.63) is 0 Å². The van der Waals surface area contributed by atoms with Crippen LogP contribution in [0.2, 0.25) is 0 Å². The molecule has 0 spiro atoms. The van der Waals surface area contributed by atoms with Gasteiger partial charge in [0.15, 0.2) is 0 Å². The van der Waals surface area contributed by atoms with E-state index in [2.05, 4.69) is 62.3 Å². The van der Waals surface area contributed by atoms with Gasteiger partial charge in [-0.1, -0.05) is 237 Å². The molecule has 0 rings (SSSR count). The first-order valence-corrected chi connectivity index (χ1v) is 30.5. The Morgan fingerprint density at radius 2 is 0.534 bits per heavy atom. The standard InChI is InChI=1S/3C16H35O2P.Cr/c3*1-5-8-10-11-12-15(4)19(17,18)14-16(7-3)13-9-6-2;/h3*15-16H,5-14H2,1-4H3,(H,17,18);/q;;;+3/p-3. The van der Waals surface area contributed by atoms with Gasteiger partial charge in [0.25, 0.3) is 0 Å². The molecule has 0 aliphatic rings. The van der Waals surface area contributed by atoms with Crippen molar-refractivity contribution in [3.8, 4) is 0 Å². The molecule has 0 N–H and O–H groups in total. The van der Waals surface area contributed by atoms with Crippen LogP contribution in [-0.2, 0) is 31.1 Å². The van der Waals surface area contributed by atoms with Crippen molar-refractivity contribution in [1.29, 1.82) is 0 Å².